The van der Waals surface area contributed by atoms with Crippen molar-refractivity contribution in [2.24, 2.45) is 0 Å². The first-order chi connectivity index (χ1) is 11.3. The molecule has 1 atom stereocenters. The summed E-state index contributed by atoms with van der Waals surface area (Å²) in [5.41, 5.74) is 4.07. The Bertz CT molecular complexity index is 819. The summed E-state index contributed by atoms with van der Waals surface area (Å²) in [5.74, 6) is 0.966. The van der Waals surface area contributed by atoms with Crippen LogP contribution in [-0.2, 0) is 4.74 Å². The summed E-state index contributed by atoms with van der Waals surface area (Å²) < 4.78 is 5.95. The van der Waals surface area contributed by atoms with Gasteiger partial charge >= 0.3 is 0 Å². The number of nitrogens with zero attached hydrogens (tertiary/aromatic N) is 3. The normalized spacial score (nSPS) is 18.3. The summed E-state index contributed by atoms with van der Waals surface area (Å²) in [6.45, 7) is 4.38. The van der Waals surface area contributed by atoms with Crippen molar-refractivity contribution in [1.29, 1.82) is 0 Å². The molecule has 3 aromatic rings. The largest absolute Gasteiger partial charge is 0.370 e. The SMILES string of the molecule is Cc1nc2ccccc2nc1N1CCO[C@H](c2ccccc2)C1. The third kappa shape index (κ3) is 2.78. The van der Waals surface area contributed by atoms with Crippen LogP contribution in [0.25, 0.3) is 11.0 Å². The molecule has 23 heavy (non-hydrogen) atoms. The predicted octanol–water partition coefficient (Wildman–Crippen LogP) is 3.52. The fraction of sp³-hybridized carbons (Fsp3) is 0.263. The molecule has 2 heterocycles. The second-order valence-corrected chi connectivity index (χ2v) is 5.84. The van der Waals surface area contributed by atoms with Gasteiger partial charge in [0.25, 0.3) is 0 Å². The van der Waals surface area contributed by atoms with Crippen LogP contribution >= 0.6 is 0 Å². The maximum Gasteiger partial charge on any atom is 0.150 e. The van der Waals surface area contributed by atoms with Crippen LogP contribution in [-0.4, -0.2) is 29.7 Å². The number of para-hydroxylation sites is 2. The first-order valence-electron chi connectivity index (χ1n) is 7.96. The number of aromatic nitrogens is 2. The molecule has 0 saturated carbocycles. The van der Waals surface area contributed by atoms with Gasteiger partial charge < -0.3 is 9.64 Å². The van der Waals surface area contributed by atoms with E-state index in [1.807, 2.05) is 37.3 Å². The van der Waals surface area contributed by atoms with E-state index in [4.69, 9.17) is 14.7 Å². The highest BCUT2D eigenvalue weighted by Crippen LogP contribution is 2.27. The maximum absolute atomic E-state index is 5.95. The summed E-state index contributed by atoms with van der Waals surface area (Å²) in [6.07, 6.45) is 0.0811. The molecule has 0 N–H and O–H groups in total. The fourth-order valence-electron chi connectivity index (χ4n) is 3.09. The average Bonchev–Trinajstić information content (AvgIpc) is 2.62. The Kier molecular flexibility index (Phi) is 3.67. The van der Waals surface area contributed by atoms with Crippen LogP contribution in [0.4, 0.5) is 5.82 Å². The number of fused-ring (bicyclic) bond motifs is 1. The highest BCUT2D eigenvalue weighted by atomic mass is 16.5. The Morgan fingerprint density at radius 3 is 2.43 bits per heavy atom. The topological polar surface area (TPSA) is 38.2 Å². The third-order valence-electron chi connectivity index (χ3n) is 4.26. The number of aryl methyl sites for hydroxylation is 1. The highest BCUT2D eigenvalue weighted by molar-refractivity contribution is 5.76. The molecule has 1 aliphatic heterocycles. The zero-order chi connectivity index (χ0) is 15.6. The first-order valence-corrected chi connectivity index (χ1v) is 7.96. The number of anilines is 1. The first kappa shape index (κ1) is 14.2. The number of hydrogen-bond acceptors (Lipinski definition) is 4. The van der Waals surface area contributed by atoms with Gasteiger partial charge in [0.2, 0.25) is 0 Å². The molecule has 0 unspecified atom stereocenters. The van der Waals surface area contributed by atoms with Gasteiger partial charge in [-0.3, -0.25) is 0 Å². The fourth-order valence-corrected chi connectivity index (χ4v) is 3.09. The number of morpholine rings is 1. The van der Waals surface area contributed by atoms with Crippen LogP contribution < -0.4 is 4.90 Å². The second kappa shape index (κ2) is 5.97. The van der Waals surface area contributed by atoms with E-state index in [1.165, 1.54) is 5.56 Å². The molecule has 2 aromatic carbocycles. The summed E-state index contributed by atoms with van der Waals surface area (Å²) >= 11 is 0. The van der Waals surface area contributed by atoms with E-state index < -0.39 is 0 Å². The summed E-state index contributed by atoms with van der Waals surface area (Å²) in [5, 5.41) is 0. The molecule has 1 aliphatic rings. The van der Waals surface area contributed by atoms with Crippen LogP contribution in [0.5, 0.6) is 0 Å². The lowest BCUT2D eigenvalue weighted by atomic mass is 10.1. The number of ether oxygens (including phenoxy) is 1. The van der Waals surface area contributed by atoms with Crippen molar-refractivity contribution in [2.45, 2.75) is 13.0 Å². The monoisotopic (exact) mass is 305 g/mol. The Morgan fingerprint density at radius 1 is 0.957 bits per heavy atom. The quantitative estimate of drug-likeness (QED) is 0.726. The van der Waals surface area contributed by atoms with E-state index in [0.717, 1.165) is 35.6 Å². The highest BCUT2D eigenvalue weighted by Gasteiger charge is 2.24. The second-order valence-electron chi connectivity index (χ2n) is 5.84. The van der Waals surface area contributed by atoms with E-state index in [9.17, 15) is 0 Å². The lowest BCUT2D eigenvalue weighted by molar-refractivity contribution is 0.0395. The van der Waals surface area contributed by atoms with Crippen molar-refractivity contribution in [3.63, 3.8) is 0 Å². The minimum absolute atomic E-state index is 0.0811. The van der Waals surface area contributed by atoms with Crippen molar-refractivity contribution in [3.05, 3.63) is 65.9 Å². The van der Waals surface area contributed by atoms with Crippen LogP contribution in [0.15, 0.2) is 54.6 Å². The van der Waals surface area contributed by atoms with Crippen molar-refractivity contribution in [1.82, 2.24) is 9.97 Å². The zero-order valence-corrected chi connectivity index (χ0v) is 13.1. The lowest BCUT2D eigenvalue weighted by Gasteiger charge is -2.34. The Labute approximate surface area is 135 Å². The van der Waals surface area contributed by atoms with E-state index in [0.29, 0.717) is 6.61 Å². The molecule has 4 nitrogen and oxygen atoms in total. The van der Waals surface area contributed by atoms with Gasteiger partial charge in [0.15, 0.2) is 5.82 Å². The molecule has 1 saturated heterocycles. The van der Waals surface area contributed by atoms with Crippen LogP contribution in [0.2, 0.25) is 0 Å². The van der Waals surface area contributed by atoms with Crippen molar-refractivity contribution in [3.8, 4) is 0 Å². The molecule has 0 spiro atoms. The van der Waals surface area contributed by atoms with Crippen molar-refractivity contribution in [2.75, 3.05) is 24.6 Å². The summed E-state index contributed by atoms with van der Waals surface area (Å²) in [7, 11) is 0. The Hall–Kier alpha value is -2.46. The van der Waals surface area contributed by atoms with Gasteiger partial charge in [0, 0.05) is 13.1 Å². The van der Waals surface area contributed by atoms with E-state index in [2.05, 4.69) is 29.2 Å². The van der Waals surface area contributed by atoms with Crippen molar-refractivity contribution < 1.29 is 4.74 Å². The lowest BCUT2D eigenvalue weighted by Crippen LogP contribution is -2.39. The molecule has 116 valence electrons. The minimum atomic E-state index is 0.0811. The number of rotatable bonds is 2. The van der Waals surface area contributed by atoms with Gasteiger partial charge in [-0.05, 0) is 24.6 Å². The molecule has 4 rings (SSSR count). The summed E-state index contributed by atoms with van der Waals surface area (Å²) in [6, 6.07) is 18.4. The van der Waals surface area contributed by atoms with Gasteiger partial charge in [-0.2, -0.15) is 0 Å². The van der Waals surface area contributed by atoms with Crippen LogP contribution in [0.1, 0.15) is 17.4 Å². The maximum atomic E-state index is 5.95. The number of benzene rings is 2. The predicted molar refractivity (Wildman–Crippen MR) is 91.6 cm³/mol. The van der Waals surface area contributed by atoms with E-state index >= 15 is 0 Å². The molecule has 0 amide bonds. The van der Waals surface area contributed by atoms with Gasteiger partial charge in [-0.25, -0.2) is 9.97 Å². The molecule has 4 heteroatoms. The minimum Gasteiger partial charge on any atom is -0.370 e. The zero-order valence-electron chi connectivity index (χ0n) is 13.1. The Morgan fingerprint density at radius 2 is 1.65 bits per heavy atom. The van der Waals surface area contributed by atoms with Gasteiger partial charge in [0.1, 0.15) is 6.10 Å². The molecular formula is C19H19N3O. The smallest absolute Gasteiger partial charge is 0.150 e. The standard InChI is InChI=1S/C19H19N3O/c1-14-19(21-17-10-6-5-9-16(17)20-14)22-11-12-23-18(13-22)15-7-3-2-4-8-15/h2-10,18H,11-13H2,1H3/t18-/m0/s1. The number of hydrogen-bond donors (Lipinski definition) is 0. The van der Waals surface area contributed by atoms with Crippen LogP contribution in [0, 0.1) is 6.92 Å². The van der Waals surface area contributed by atoms with E-state index in [1.54, 1.807) is 0 Å². The molecular weight excluding hydrogens is 286 g/mol. The molecule has 1 aromatic heterocycles. The summed E-state index contributed by atoms with van der Waals surface area (Å²) in [4.78, 5) is 11.8. The Balaban J connectivity index is 1.66. The molecule has 0 radical (unpaired) electrons. The molecule has 0 bridgehead atoms. The van der Waals surface area contributed by atoms with E-state index in [-0.39, 0.29) is 6.10 Å². The van der Waals surface area contributed by atoms with Gasteiger partial charge in [-0.15, -0.1) is 0 Å². The average molecular weight is 305 g/mol. The third-order valence-corrected chi connectivity index (χ3v) is 4.26. The molecule has 1 fully saturated rings. The van der Waals surface area contributed by atoms with Crippen LogP contribution in [0.3, 0.4) is 0 Å². The van der Waals surface area contributed by atoms with Gasteiger partial charge in [0.05, 0.1) is 23.3 Å². The van der Waals surface area contributed by atoms with Gasteiger partial charge in [-0.1, -0.05) is 42.5 Å². The molecule has 0 aliphatic carbocycles. The van der Waals surface area contributed by atoms with Crippen molar-refractivity contribution >= 4 is 16.9 Å².